The summed E-state index contributed by atoms with van der Waals surface area (Å²) in [6.45, 7) is 4.10. The third-order valence-corrected chi connectivity index (χ3v) is 6.66. The first-order valence-electron chi connectivity index (χ1n) is 11.2. The van der Waals surface area contributed by atoms with Gasteiger partial charge in [-0.25, -0.2) is 5.43 Å². The van der Waals surface area contributed by atoms with Crippen LogP contribution in [0.1, 0.15) is 17.0 Å². The van der Waals surface area contributed by atoms with Gasteiger partial charge in [0.15, 0.2) is 5.43 Å². The molecule has 5 rings (SSSR count). The van der Waals surface area contributed by atoms with Gasteiger partial charge in [-0.1, -0.05) is 40.2 Å². The van der Waals surface area contributed by atoms with Crippen LogP contribution in [-0.2, 0) is 11.3 Å². The van der Waals surface area contributed by atoms with Crippen molar-refractivity contribution < 1.29 is 4.79 Å². The first-order chi connectivity index (χ1) is 16.9. The zero-order valence-corrected chi connectivity index (χ0v) is 20.9. The zero-order chi connectivity index (χ0) is 24.5. The van der Waals surface area contributed by atoms with E-state index in [-0.39, 0.29) is 17.9 Å². The summed E-state index contributed by atoms with van der Waals surface area (Å²) >= 11 is 3.47. The number of nitrogens with zero attached hydrogens (tertiary/aromatic N) is 3. The first kappa shape index (κ1) is 22.8. The highest BCUT2D eigenvalue weighted by Gasteiger charge is 2.13. The number of aryl methyl sites for hydroxylation is 1. The second-order valence-corrected chi connectivity index (χ2v) is 9.30. The molecule has 2 heterocycles. The van der Waals surface area contributed by atoms with E-state index in [1.807, 2.05) is 85.1 Å². The topological polar surface area (TPSA) is 68.4 Å². The Morgan fingerprint density at radius 3 is 2.17 bits per heavy atom. The van der Waals surface area contributed by atoms with Crippen molar-refractivity contribution >= 4 is 49.9 Å². The van der Waals surface area contributed by atoms with E-state index in [1.165, 1.54) is 0 Å². The Morgan fingerprint density at radius 1 is 0.943 bits per heavy atom. The number of aromatic nitrogens is 2. The number of nitrogens with one attached hydrogen (secondary N) is 1. The van der Waals surface area contributed by atoms with Crippen LogP contribution in [0.5, 0.6) is 0 Å². The fourth-order valence-electron chi connectivity index (χ4n) is 4.51. The van der Waals surface area contributed by atoms with Gasteiger partial charge in [0.1, 0.15) is 6.54 Å². The van der Waals surface area contributed by atoms with Crippen molar-refractivity contribution in [2.45, 2.75) is 20.4 Å². The minimum absolute atomic E-state index is 0.0352. The Bertz CT molecular complexity index is 1600. The number of hydrogen-bond donors (Lipinski definition) is 1. The molecule has 2 aromatic heterocycles. The van der Waals surface area contributed by atoms with Gasteiger partial charge in [-0.2, -0.15) is 5.10 Å². The lowest BCUT2D eigenvalue weighted by Crippen LogP contribution is -2.25. The highest BCUT2D eigenvalue weighted by molar-refractivity contribution is 9.10. The van der Waals surface area contributed by atoms with Crippen LogP contribution in [0.15, 0.2) is 93.2 Å². The Labute approximate surface area is 210 Å². The van der Waals surface area contributed by atoms with Crippen LogP contribution in [0, 0.1) is 13.8 Å². The normalized spacial score (nSPS) is 11.5. The van der Waals surface area contributed by atoms with E-state index in [4.69, 9.17) is 0 Å². The summed E-state index contributed by atoms with van der Waals surface area (Å²) in [6.07, 6.45) is 1.66. The molecule has 174 valence electrons. The third kappa shape index (κ3) is 4.31. The smallest absolute Gasteiger partial charge is 0.260 e. The van der Waals surface area contributed by atoms with E-state index in [1.54, 1.807) is 18.3 Å². The number of rotatable bonds is 5. The van der Waals surface area contributed by atoms with Gasteiger partial charge < -0.3 is 9.13 Å². The van der Waals surface area contributed by atoms with Crippen LogP contribution in [0.3, 0.4) is 0 Å². The minimum atomic E-state index is -0.276. The molecule has 0 aliphatic carbocycles. The summed E-state index contributed by atoms with van der Waals surface area (Å²) in [5.74, 6) is -0.276. The molecule has 35 heavy (non-hydrogen) atoms. The minimum Gasteiger partial charge on any atom is -0.331 e. The van der Waals surface area contributed by atoms with Gasteiger partial charge in [-0.3, -0.25) is 9.59 Å². The number of halogens is 1. The molecule has 6 nitrogen and oxygen atoms in total. The van der Waals surface area contributed by atoms with E-state index >= 15 is 0 Å². The molecule has 0 saturated carbocycles. The number of carbonyl (C=O) groups is 1. The molecule has 0 unspecified atom stereocenters. The van der Waals surface area contributed by atoms with Crippen molar-refractivity contribution in [3.05, 3.63) is 111 Å². The van der Waals surface area contributed by atoms with Gasteiger partial charge >= 0.3 is 0 Å². The average molecular weight is 527 g/mol. The average Bonchev–Trinajstić information content (AvgIpc) is 3.15. The first-order valence-corrected chi connectivity index (χ1v) is 12.0. The molecule has 3 aromatic carbocycles. The third-order valence-electron chi connectivity index (χ3n) is 6.13. The lowest BCUT2D eigenvalue weighted by Gasteiger charge is -2.14. The van der Waals surface area contributed by atoms with Crippen molar-refractivity contribution in [2.24, 2.45) is 5.10 Å². The molecule has 0 radical (unpaired) electrons. The number of hydrazone groups is 1. The van der Waals surface area contributed by atoms with E-state index in [2.05, 4.69) is 31.0 Å². The quantitative estimate of drug-likeness (QED) is 0.187. The van der Waals surface area contributed by atoms with Gasteiger partial charge in [0, 0.05) is 37.9 Å². The number of carbonyl (C=O) groups excluding carboxylic acids is 1. The second kappa shape index (κ2) is 9.35. The van der Waals surface area contributed by atoms with Crippen LogP contribution in [0.4, 0.5) is 0 Å². The highest BCUT2D eigenvalue weighted by Crippen LogP contribution is 2.22. The molecule has 1 amide bonds. The monoisotopic (exact) mass is 526 g/mol. The zero-order valence-electron chi connectivity index (χ0n) is 19.3. The summed E-state index contributed by atoms with van der Waals surface area (Å²) in [5, 5.41) is 5.39. The molecule has 7 heteroatoms. The van der Waals surface area contributed by atoms with E-state index in [0.29, 0.717) is 21.8 Å². The SMILES string of the molecule is Cc1cc(/C=N\NC(=O)Cn2c3ccccc3c(=O)c3ccccc32)c(C)n1-c1ccc(Br)cc1. The Kier molecular flexibility index (Phi) is 6.09. The summed E-state index contributed by atoms with van der Waals surface area (Å²) in [4.78, 5) is 25.7. The lowest BCUT2D eigenvalue weighted by atomic mass is 10.1. The molecule has 0 aliphatic heterocycles. The van der Waals surface area contributed by atoms with Crippen molar-refractivity contribution in [3.63, 3.8) is 0 Å². The summed E-state index contributed by atoms with van der Waals surface area (Å²) in [7, 11) is 0. The van der Waals surface area contributed by atoms with Gasteiger partial charge in [0.05, 0.1) is 17.2 Å². The summed E-state index contributed by atoms with van der Waals surface area (Å²) in [5.41, 5.74) is 8.12. The van der Waals surface area contributed by atoms with Gasteiger partial charge in [-0.15, -0.1) is 0 Å². The van der Waals surface area contributed by atoms with Crippen LogP contribution in [-0.4, -0.2) is 21.3 Å². The summed E-state index contributed by atoms with van der Waals surface area (Å²) < 4.78 is 5.03. The van der Waals surface area contributed by atoms with Crippen LogP contribution in [0.25, 0.3) is 27.5 Å². The molecular weight excluding hydrogens is 504 g/mol. The maximum atomic E-state index is 12.9. The van der Waals surface area contributed by atoms with Crippen LogP contribution < -0.4 is 10.9 Å². The molecule has 5 aromatic rings. The van der Waals surface area contributed by atoms with E-state index in [0.717, 1.165) is 27.1 Å². The number of para-hydroxylation sites is 2. The number of fused-ring (bicyclic) bond motifs is 2. The van der Waals surface area contributed by atoms with Gasteiger partial charge in [0.25, 0.3) is 5.91 Å². The number of pyridine rings is 1. The summed E-state index contributed by atoms with van der Waals surface area (Å²) in [6, 6.07) is 24.8. The molecule has 0 saturated heterocycles. The fourth-order valence-corrected chi connectivity index (χ4v) is 4.77. The fraction of sp³-hybridized carbons (Fsp3) is 0.107. The lowest BCUT2D eigenvalue weighted by molar-refractivity contribution is -0.121. The Balaban J connectivity index is 1.40. The van der Waals surface area contributed by atoms with Crippen molar-refractivity contribution in [2.75, 3.05) is 0 Å². The largest absolute Gasteiger partial charge is 0.331 e. The number of hydrogen-bond acceptors (Lipinski definition) is 3. The Morgan fingerprint density at radius 2 is 1.54 bits per heavy atom. The molecular formula is C28H23BrN4O2. The molecule has 0 atom stereocenters. The maximum absolute atomic E-state index is 12.9. The van der Waals surface area contributed by atoms with Gasteiger partial charge in [0.2, 0.25) is 0 Å². The van der Waals surface area contributed by atoms with Crippen LogP contribution >= 0.6 is 15.9 Å². The molecule has 0 fully saturated rings. The predicted molar refractivity (Wildman–Crippen MR) is 144 cm³/mol. The molecule has 1 N–H and O–H groups in total. The number of benzene rings is 3. The Hall–Kier alpha value is -3.97. The molecule has 0 spiro atoms. The van der Waals surface area contributed by atoms with E-state index in [9.17, 15) is 9.59 Å². The molecule has 0 bridgehead atoms. The van der Waals surface area contributed by atoms with Crippen LogP contribution in [0.2, 0.25) is 0 Å². The maximum Gasteiger partial charge on any atom is 0.260 e. The predicted octanol–water partition coefficient (Wildman–Crippen LogP) is 5.48. The highest BCUT2D eigenvalue weighted by atomic mass is 79.9. The van der Waals surface area contributed by atoms with E-state index < -0.39 is 0 Å². The number of amides is 1. The van der Waals surface area contributed by atoms with Crippen molar-refractivity contribution in [1.29, 1.82) is 0 Å². The van der Waals surface area contributed by atoms with Crippen molar-refractivity contribution in [1.82, 2.24) is 14.6 Å². The van der Waals surface area contributed by atoms with Crippen molar-refractivity contribution in [3.8, 4) is 5.69 Å². The standard InChI is InChI=1S/C28H23BrN4O2/c1-18-15-20(19(2)33(18)22-13-11-21(29)12-14-22)16-30-31-27(34)17-32-25-9-5-3-7-23(25)28(35)24-8-4-6-10-26(24)32/h3-16H,17H2,1-2H3,(H,31,34)/b30-16-. The second-order valence-electron chi connectivity index (χ2n) is 8.38. The van der Waals surface area contributed by atoms with Gasteiger partial charge in [-0.05, 0) is 68.4 Å². The molecule has 0 aliphatic rings.